The standard InChI is InChI=1S/C19H18O6/c1-7-6-8(24-5)10-11-9(7)17-13(18(2,3)19(4,23)25-17)14(20)12(11)16(22)15(10)21/h6,20,23H,1-5H3. The van der Waals surface area contributed by atoms with Gasteiger partial charge in [0.15, 0.2) is 0 Å². The van der Waals surface area contributed by atoms with Crippen molar-refractivity contribution in [3.8, 4) is 17.2 Å². The number of phenolic OH excluding ortho intramolecular Hbond substituents is 1. The number of fused-ring (bicyclic) bond motifs is 2. The molecule has 6 heteroatoms. The summed E-state index contributed by atoms with van der Waals surface area (Å²) in [4.78, 5) is 25.1. The van der Waals surface area contributed by atoms with Crippen LogP contribution in [-0.2, 0) is 5.41 Å². The molecule has 4 rings (SSSR count). The average molecular weight is 342 g/mol. The Balaban J connectivity index is 2.30. The topological polar surface area (TPSA) is 93.1 Å². The lowest BCUT2D eigenvalue weighted by molar-refractivity contribution is -0.148. The molecule has 1 aliphatic carbocycles. The van der Waals surface area contributed by atoms with E-state index in [0.29, 0.717) is 22.1 Å². The number of hydrogen-bond donors (Lipinski definition) is 2. The van der Waals surface area contributed by atoms with Crippen LogP contribution in [0.4, 0.5) is 0 Å². The number of aromatic hydroxyl groups is 1. The summed E-state index contributed by atoms with van der Waals surface area (Å²) in [7, 11) is 1.42. The maximum absolute atomic E-state index is 12.6. The summed E-state index contributed by atoms with van der Waals surface area (Å²) in [5, 5.41) is 22.4. The number of hydrogen-bond acceptors (Lipinski definition) is 6. The molecule has 2 N–H and O–H groups in total. The van der Waals surface area contributed by atoms with Crippen LogP contribution in [0.3, 0.4) is 0 Å². The van der Waals surface area contributed by atoms with Crippen molar-refractivity contribution in [2.24, 2.45) is 0 Å². The molecule has 0 spiro atoms. The smallest absolute Gasteiger partial charge is 0.238 e. The highest BCUT2D eigenvalue weighted by Crippen LogP contribution is 2.58. The van der Waals surface area contributed by atoms with Gasteiger partial charge in [-0.05, 0) is 32.4 Å². The van der Waals surface area contributed by atoms with Crippen LogP contribution in [0.15, 0.2) is 6.07 Å². The molecule has 0 saturated carbocycles. The van der Waals surface area contributed by atoms with Crippen molar-refractivity contribution in [2.75, 3.05) is 7.11 Å². The fourth-order valence-electron chi connectivity index (χ4n) is 3.88. The molecule has 0 saturated heterocycles. The minimum absolute atomic E-state index is 0.0369. The predicted octanol–water partition coefficient (Wildman–Crippen LogP) is 2.62. The molecule has 0 aromatic heterocycles. The molecule has 2 aromatic carbocycles. The second-order valence-corrected chi connectivity index (χ2v) is 7.32. The number of phenols is 1. The fourth-order valence-corrected chi connectivity index (χ4v) is 3.88. The molecule has 0 fully saturated rings. The Kier molecular flexibility index (Phi) is 2.75. The third-order valence-corrected chi connectivity index (χ3v) is 5.63. The number of rotatable bonds is 1. The Bertz CT molecular complexity index is 1010. The van der Waals surface area contributed by atoms with Crippen molar-refractivity contribution in [3.05, 3.63) is 28.3 Å². The van der Waals surface area contributed by atoms with Gasteiger partial charge in [-0.1, -0.05) is 0 Å². The summed E-state index contributed by atoms with van der Waals surface area (Å²) in [5.74, 6) is -2.78. The molecule has 1 atom stereocenters. The monoisotopic (exact) mass is 342 g/mol. The largest absolute Gasteiger partial charge is 0.507 e. The van der Waals surface area contributed by atoms with Crippen LogP contribution in [0.5, 0.6) is 17.2 Å². The van der Waals surface area contributed by atoms with Crippen LogP contribution in [0.25, 0.3) is 10.8 Å². The normalized spacial score (nSPS) is 23.1. The van der Waals surface area contributed by atoms with Crippen molar-refractivity contribution in [1.29, 1.82) is 0 Å². The first kappa shape index (κ1) is 15.9. The van der Waals surface area contributed by atoms with Gasteiger partial charge in [0.05, 0.1) is 23.7 Å². The Hall–Kier alpha value is -2.60. The van der Waals surface area contributed by atoms with E-state index >= 15 is 0 Å². The molecule has 130 valence electrons. The van der Waals surface area contributed by atoms with Crippen LogP contribution < -0.4 is 9.47 Å². The molecular formula is C19H18O6. The molecule has 25 heavy (non-hydrogen) atoms. The van der Waals surface area contributed by atoms with E-state index in [4.69, 9.17) is 9.47 Å². The zero-order valence-corrected chi connectivity index (χ0v) is 14.6. The summed E-state index contributed by atoms with van der Waals surface area (Å²) in [6.07, 6.45) is 0. The minimum atomic E-state index is -1.57. The molecule has 6 nitrogen and oxygen atoms in total. The second kappa shape index (κ2) is 4.32. The van der Waals surface area contributed by atoms with E-state index < -0.39 is 22.8 Å². The van der Waals surface area contributed by atoms with Crippen LogP contribution in [-0.4, -0.2) is 34.7 Å². The minimum Gasteiger partial charge on any atom is -0.507 e. The summed E-state index contributed by atoms with van der Waals surface area (Å²) in [6, 6.07) is 1.67. The highest BCUT2D eigenvalue weighted by Gasteiger charge is 2.55. The summed E-state index contributed by atoms with van der Waals surface area (Å²) in [6.45, 7) is 6.76. The summed E-state index contributed by atoms with van der Waals surface area (Å²) in [5.41, 5.74) is 0.181. The van der Waals surface area contributed by atoms with Gasteiger partial charge >= 0.3 is 0 Å². The van der Waals surface area contributed by atoms with E-state index in [9.17, 15) is 19.8 Å². The molecule has 1 aliphatic heterocycles. The number of ether oxygens (including phenoxy) is 2. The molecule has 2 aliphatic rings. The van der Waals surface area contributed by atoms with Crippen molar-refractivity contribution < 1.29 is 29.3 Å². The lowest BCUT2D eigenvalue weighted by Gasteiger charge is -2.31. The van der Waals surface area contributed by atoms with E-state index in [1.807, 2.05) is 0 Å². The van der Waals surface area contributed by atoms with Crippen LogP contribution >= 0.6 is 0 Å². The maximum Gasteiger partial charge on any atom is 0.238 e. The van der Waals surface area contributed by atoms with Crippen molar-refractivity contribution in [1.82, 2.24) is 0 Å². The SMILES string of the molecule is COc1cc(C)c2c3c(c(O)c4c2c1C(=O)C4=O)C(C)(C)C(C)(O)O3. The zero-order chi connectivity index (χ0) is 18.5. The highest BCUT2D eigenvalue weighted by atomic mass is 16.6. The maximum atomic E-state index is 12.6. The van der Waals surface area contributed by atoms with Gasteiger partial charge in [-0.3, -0.25) is 9.59 Å². The van der Waals surface area contributed by atoms with E-state index in [1.54, 1.807) is 26.8 Å². The number of carbonyl (C=O) groups excluding carboxylic acids is 2. The second-order valence-electron chi connectivity index (χ2n) is 7.32. The van der Waals surface area contributed by atoms with Crippen LogP contribution in [0.2, 0.25) is 0 Å². The third kappa shape index (κ3) is 1.58. The van der Waals surface area contributed by atoms with E-state index in [2.05, 4.69) is 0 Å². The summed E-state index contributed by atoms with van der Waals surface area (Å²) >= 11 is 0. The van der Waals surface area contributed by atoms with Gasteiger partial charge in [0.25, 0.3) is 0 Å². The molecule has 0 radical (unpaired) electrons. The van der Waals surface area contributed by atoms with Crippen molar-refractivity contribution in [2.45, 2.75) is 38.9 Å². The lowest BCUT2D eigenvalue weighted by atomic mass is 9.77. The van der Waals surface area contributed by atoms with Gasteiger partial charge < -0.3 is 19.7 Å². The van der Waals surface area contributed by atoms with Crippen molar-refractivity contribution >= 4 is 22.3 Å². The molecule has 0 bridgehead atoms. The Morgan fingerprint density at radius 2 is 1.68 bits per heavy atom. The first-order valence-electron chi connectivity index (χ1n) is 7.95. The number of methoxy groups -OCH3 is 1. The molecule has 1 heterocycles. The Labute approximate surface area is 144 Å². The first-order chi connectivity index (χ1) is 11.5. The van der Waals surface area contributed by atoms with E-state index in [-0.39, 0.29) is 22.6 Å². The Morgan fingerprint density at radius 3 is 2.28 bits per heavy atom. The van der Waals surface area contributed by atoms with E-state index in [1.165, 1.54) is 14.0 Å². The van der Waals surface area contributed by atoms with Crippen LogP contribution in [0.1, 0.15) is 52.6 Å². The number of Topliss-reactive ketones (excluding diaryl/α,β-unsaturated/α-hetero) is 2. The van der Waals surface area contributed by atoms with Gasteiger partial charge in [-0.15, -0.1) is 0 Å². The molecule has 0 amide bonds. The summed E-state index contributed by atoms with van der Waals surface area (Å²) < 4.78 is 11.1. The van der Waals surface area contributed by atoms with Gasteiger partial charge in [0.2, 0.25) is 17.4 Å². The average Bonchev–Trinajstić information content (AvgIpc) is 2.87. The van der Waals surface area contributed by atoms with Gasteiger partial charge in [0.1, 0.15) is 17.2 Å². The molecular weight excluding hydrogens is 324 g/mol. The van der Waals surface area contributed by atoms with Gasteiger partial charge in [-0.25, -0.2) is 0 Å². The van der Waals surface area contributed by atoms with Gasteiger partial charge in [-0.2, -0.15) is 0 Å². The number of carbonyl (C=O) groups is 2. The molecule has 1 unspecified atom stereocenters. The lowest BCUT2D eigenvalue weighted by Crippen LogP contribution is -2.44. The number of benzene rings is 2. The number of aliphatic hydroxyl groups is 1. The Morgan fingerprint density at radius 1 is 1.08 bits per heavy atom. The van der Waals surface area contributed by atoms with Crippen LogP contribution in [0, 0.1) is 6.92 Å². The number of aryl methyl sites for hydroxylation is 1. The van der Waals surface area contributed by atoms with Crippen molar-refractivity contribution in [3.63, 3.8) is 0 Å². The van der Waals surface area contributed by atoms with Gasteiger partial charge in [0, 0.05) is 23.3 Å². The third-order valence-electron chi connectivity index (χ3n) is 5.63. The molecule has 2 aromatic rings. The quantitative estimate of drug-likeness (QED) is 0.774. The first-order valence-corrected chi connectivity index (χ1v) is 7.95. The predicted molar refractivity (Wildman–Crippen MR) is 89.8 cm³/mol. The fraction of sp³-hybridized carbons (Fsp3) is 0.368. The number of ketones is 2. The zero-order valence-electron chi connectivity index (χ0n) is 14.6. The highest BCUT2D eigenvalue weighted by molar-refractivity contribution is 6.58. The van der Waals surface area contributed by atoms with E-state index in [0.717, 1.165) is 5.56 Å².